The topological polar surface area (TPSA) is 15.3 Å². The van der Waals surface area contributed by atoms with E-state index in [1.165, 1.54) is 5.69 Å². The van der Waals surface area contributed by atoms with E-state index < -0.39 is 0 Å². The van der Waals surface area contributed by atoms with Gasteiger partial charge >= 0.3 is 0 Å². The number of hydrogen-bond acceptors (Lipinski definition) is 2. The predicted molar refractivity (Wildman–Crippen MR) is 70.6 cm³/mol. The van der Waals surface area contributed by atoms with Crippen molar-refractivity contribution in [2.24, 2.45) is 0 Å². The summed E-state index contributed by atoms with van der Waals surface area (Å²) in [7, 11) is 4.06. The average Bonchev–Trinajstić information content (AvgIpc) is 2.30. The lowest BCUT2D eigenvalue weighted by atomic mass is 10.1. The van der Waals surface area contributed by atoms with Crippen molar-refractivity contribution in [3.8, 4) is 12.3 Å². The zero-order valence-electron chi connectivity index (χ0n) is 10.3. The number of benzene rings is 1. The lowest BCUT2D eigenvalue weighted by Crippen LogP contribution is -2.20. The summed E-state index contributed by atoms with van der Waals surface area (Å²) < 4.78 is 0. The summed E-state index contributed by atoms with van der Waals surface area (Å²) in [6, 6.07) is 8.38. The van der Waals surface area contributed by atoms with Crippen molar-refractivity contribution in [1.29, 1.82) is 0 Å². The van der Waals surface area contributed by atoms with Crippen molar-refractivity contribution in [3.05, 3.63) is 29.8 Å². The number of hydrogen-bond donors (Lipinski definition) is 1. The van der Waals surface area contributed by atoms with Gasteiger partial charge in [0.15, 0.2) is 0 Å². The van der Waals surface area contributed by atoms with E-state index >= 15 is 0 Å². The number of rotatable bonds is 5. The average molecular weight is 216 g/mol. The molecule has 2 nitrogen and oxygen atoms in total. The van der Waals surface area contributed by atoms with Crippen LogP contribution >= 0.6 is 0 Å². The fraction of sp³-hybridized carbons (Fsp3) is 0.429. The van der Waals surface area contributed by atoms with Crippen LogP contribution in [0.25, 0.3) is 0 Å². The summed E-state index contributed by atoms with van der Waals surface area (Å²) in [5, 5.41) is 3.33. The molecular weight excluding hydrogens is 196 g/mol. The zero-order valence-corrected chi connectivity index (χ0v) is 10.3. The van der Waals surface area contributed by atoms with Gasteiger partial charge in [0.25, 0.3) is 0 Å². The van der Waals surface area contributed by atoms with Gasteiger partial charge in [-0.3, -0.25) is 0 Å². The highest BCUT2D eigenvalue weighted by molar-refractivity contribution is 5.47. The molecule has 2 heteroatoms. The van der Waals surface area contributed by atoms with Crippen LogP contribution in [0.5, 0.6) is 0 Å². The fourth-order valence-electron chi connectivity index (χ4n) is 1.53. The molecule has 1 aromatic carbocycles. The van der Waals surface area contributed by atoms with Crippen LogP contribution in [0.2, 0.25) is 0 Å². The van der Waals surface area contributed by atoms with Gasteiger partial charge in [0.2, 0.25) is 0 Å². The highest BCUT2D eigenvalue weighted by Crippen LogP contribution is 2.17. The Kier molecular flexibility index (Phi) is 4.88. The summed E-state index contributed by atoms with van der Waals surface area (Å²) in [6.45, 7) is 3.08. The molecule has 0 heterocycles. The molecule has 86 valence electrons. The normalized spacial score (nSPS) is 11.9. The second-order valence-corrected chi connectivity index (χ2v) is 4.04. The van der Waals surface area contributed by atoms with E-state index in [9.17, 15) is 0 Å². The Hall–Kier alpha value is -1.46. The van der Waals surface area contributed by atoms with E-state index in [2.05, 4.69) is 47.3 Å². The van der Waals surface area contributed by atoms with E-state index in [0.29, 0.717) is 0 Å². The van der Waals surface area contributed by atoms with Gasteiger partial charge in [-0.25, -0.2) is 0 Å². The summed E-state index contributed by atoms with van der Waals surface area (Å²) >= 11 is 0. The summed E-state index contributed by atoms with van der Waals surface area (Å²) in [6.07, 6.45) is 6.61. The van der Waals surface area contributed by atoms with Gasteiger partial charge in [-0.05, 0) is 30.7 Å². The van der Waals surface area contributed by atoms with Gasteiger partial charge in [-0.1, -0.05) is 25.0 Å². The Morgan fingerprint density at radius 2 is 1.94 bits per heavy atom. The lowest BCUT2D eigenvalue weighted by Gasteiger charge is -2.16. The van der Waals surface area contributed by atoms with E-state index in [1.807, 2.05) is 14.1 Å². The molecule has 0 aliphatic heterocycles. The molecule has 0 aliphatic carbocycles. The minimum atomic E-state index is 0.0242. The third-order valence-corrected chi connectivity index (χ3v) is 2.51. The van der Waals surface area contributed by atoms with Gasteiger partial charge in [-0.2, -0.15) is 0 Å². The highest BCUT2D eigenvalue weighted by atomic mass is 15.1. The lowest BCUT2D eigenvalue weighted by molar-refractivity contribution is 0.626. The first-order chi connectivity index (χ1) is 7.69. The summed E-state index contributed by atoms with van der Waals surface area (Å²) in [4.78, 5) is 2.08. The molecule has 0 aromatic heterocycles. The van der Waals surface area contributed by atoms with Gasteiger partial charge in [0.1, 0.15) is 0 Å². The van der Waals surface area contributed by atoms with E-state index in [-0.39, 0.29) is 6.04 Å². The highest BCUT2D eigenvalue weighted by Gasteiger charge is 2.06. The minimum absolute atomic E-state index is 0.0242. The first-order valence-electron chi connectivity index (χ1n) is 5.65. The molecular formula is C14H20N2. The Labute approximate surface area is 98.7 Å². The third kappa shape index (κ3) is 3.29. The fourth-order valence-corrected chi connectivity index (χ4v) is 1.53. The molecule has 1 N–H and O–H groups in total. The molecule has 1 atom stereocenters. The summed E-state index contributed by atoms with van der Waals surface area (Å²) in [5.41, 5.74) is 2.34. The standard InChI is InChI=1S/C14H20N2/c1-5-11-15-14(6-2)12-7-9-13(10-8-12)16(3)4/h2,7-10,14-15H,5,11H2,1,3-4H3. The number of nitrogens with zero attached hydrogens (tertiary/aromatic N) is 1. The van der Waals surface area contributed by atoms with Crippen molar-refractivity contribution >= 4 is 5.69 Å². The molecule has 1 aromatic rings. The maximum absolute atomic E-state index is 5.52. The van der Waals surface area contributed by atoms with Crippen LogP contribution < -0.4 is 10.2 Å². The molecule has 0 spiro atoms. The van der Waals surface area contributed by atoms with Crippen LogP contribution in [0.4, 0.5) is 5.69 Å². The third-order valence-electron chi connectivity index (χ3n) is 2.51. The SMILES string of the molecule is C#CC(NCCC)c1ccc(N(C)C)cc1. The second kappa shape index (κ2) is 6.19. The van der Waals surface area contributed by atoms with Crippen molar-refractivity contribution in [3.63, 3.8) is 0 Å². The van der Waals surface area contributed by atoms with Crippen LogP contribution in [0, 0.1) is 12.3 Å². The molecule has 1 unspecified atom stereocenters. The molecule has 1 rings (SSSR count). The van der Waals surface area contributed by atoms with Crippen LogP contribution in [-0.2, 0) is 0 Å². The van der Waals surface area contributed by atoms with Gasteiger partial charge in [-0.15, -0.1) is 6.42 Å². The molecule has 0 saturated carbocycles. The first kappa shape index (κ1) is 12.6. The number of terminal acetylenes is 1. The summed E-state index contributed by atoms with van der Waals surface area (Å²) in [5.74, 6) is 2.78. The van der Waals surface area contributed by atoms with Crippen LogP contribution in [-0.4, -0.2) is 20.6 Å². The first-order valence-corrected chi connectivity index (χ1v) is 5.65. The molecule has 0 fully saturated rings. The van der Waals surface area contributed by atoms with Crippen LogP contribution in [0.3, 0.4) is 0 Å². The second-order valence-electron chi connectivity index (χ2n) is 4.04. The Morgan fingerprint density at radius 3 is 2.38 bits per heavy atom. The van der Waals surface area contributed by atoms with Gasteiger partial charge in [0.05, 0.1) is 6.04 Å². The number of anilines is 1. The minimum Gasteiger partial charge on any atom is -0.378 e. The molecule has 0 amide bonds. The van der Waals surface area contributed by atoms with E-state index in [1.54, 1.807) is 0 Å². The predicted octanol–water partition coefficient (Wildman–Crippen LogP) is 2.43. The van der Waals surface area contributed by atoms with Crippen molar-refractivity contribution < 1.29 is 0 Å². The Morgan fingerprint density at radius 1 is 1.31 bits per heavy atom. The molecule has 16 heavy (non-hydrogen) atoms. The molecule has 0 aliphatic rings. The van der Waals surface area contributed by atoms with Crippen LogP contribution in [0.1, 0.15) is 24.9 Å². The van der Waals surface area contributed by atoms with E-state index in [4.69, 9.17) is 6.42 Å². The van der Waals surface area contributed by atoms with Crippen molar-refractivity contribution in [1.82, 2.24) is 5.32 Å². The quantitative estimate of drug-likeness (QED) is 0.760. The molecule has 0 radical (unpaired) electrons. The Balaban J connectivity index is 2.75. The van der Waals surface area contributed by atoms with Gasteiger partial charge < -0.3 is 10.2 Å². The van der Waals surface area contributed by atoms with Gasteiger partial charge in [0, 0.05) is 19.8 Å². The molecule has 0 bridgehead atoms. The maximum Gasteiger partial charge on any atom is 0.0943 e. The largest absolute Gasteiger partial charge is 0.378 e. The van der Waals surface area contributed by atoms with Crippen molar-refractivity contribution in [2.45, 2.75) is 19.4 Å². The van der Waals surface area contributed by atoms with Crippen molar-refractivity contribution in [2.75, 3.05) is 25.5 Å². The Bertz CT molecular complexity index is 346. The number of nitrogens with one attached hydrogen (secondary N) is 1. The molecule has 0 saturated heterocycles. The van der Waals surface area contributed by atoms with Crippen LogP contribution in [0.15, 0.2) is 24.3 Å². The smallest absolute Gasteiger partial charge is 0.0943 e. The monoisotopic (exact) mass is 216 g/mol. The van der Waals surface area contributed by atoms with E-state index in [0.717, 1.165) is 18.5 Å². The zero-order chi connectivity index (χ0) is 12.0. The maximum atomic E-state index is 5.52.